The molecule has 0 unspecified atom stereocenters. The zero-order valence-electron chi connectivity index (χ0n) is 13.8. The van der Waals surface area contributed by atoms with Gasteiger partial charge in [-0.15, -0.1) is 0 Å². The molecule has 0 spiro atoms. The zero-order valence-corrected chi connectivity index (χ0v) is 13.8. The lowest BCUT2D eigenvalue weighted by atomic mass is 10.0. The Morgan fingerprint density at radius 2 is 1.86 bits per heavy atom. The topological polar surface area (TPSA) is 49.4 Å². The van der Waals surface area contributed by atoms with E-state index >= 15 is 0 Å². The molecule has 2 rings (SSSR count). The van der Waals surface area contributed by atoms with Gasteiger partial charge in [0.05, 0.1) is 0 Å². The Balaban J connectivity index is 1.89. The molecule has 2 amide bonds. The molecule has 4 heteroatoms. The van der Waals surface area contributed by atoms with Crippen molar-refractivity contribution in [3.05, 3.63) is 34.9 Å². The molecule has 0 radical (unpaired) electrons. The van der Waals surface area contributed by atoms with E-state index < -0.39 is 0 Å². The van der Waals surface area contributed by atoms with Gasteiger partial charge in [0.15, 0.2) is 0 Å². The van der Waals surface area contributed by atoms with Gasteiger partial charge in [-0.1, -0.05) is 13.0 Å². The monoisotopic (exact) mass is 302 g/mol. The normalized spacial score (nSPS) is 15.7. The summed E-state index contributed by atoms with van der Waals surface area (Å²) in [6.07, 6.45) is 3.13. The Bertz CT molecular complexity index is 546. The van der Waals surface area contributed by atoms with Crippen molar-refractivity contribution >= 4 is 11.8 Å². The molecule has 1 aromatic carbocycles. The van der Waals surface area contributed by atoms with Crippen molar-refractivity contribution in [3.8, 4) is 0 Å². The van der Waals surface area contributed by atoms with Crippen LogP contribution in [0.2, 0.25) is 0 Å². The summed E-state index contributed by atoms with van der Waals surface area (Å²) in [5.74, 6) is 0.225. The van der Waals surface area contributed by atoms with Gasteiger partial charge in [-0.25, -0.2) is 0 Å². The van der Waals surface area contributed by atoms with Gasteiger partial charge in [0, 0.05) is 31.1 Å². The van der Waals surface area contributed by atoms with E-state index in [2.05, 4.69) is 5.32 Å². The van der Waals surface area contributed by atoms with Crippen LogP contribution in [0.15, 0.2) is 18.2 Å². The van der Waals surface area contributed by atoms with Crippen LogP contribution in [0.1, 0.15) is 54.1 Å². The second-order valence-corrected chi connectivity index (χ2v) is 6.18. The lowest BCUT2D eigenvalue weighted by Crippen LogP contribution is -2.46. The molecule has 1 saturated heterocycles. The van der Waals surface area contributed by atoms with Crippen LogP contribution in [0.5, 0.6) is 0 Å². The maximum absolute atomic E-state index is 12.5. The third kappa shape index (κ3) is 4.09. The molecular weight excluding hydrogens is 276 g/mol. The van der Waals surface area contributed by atoms with Gasteiger partial charge in [0.1, 0.15) is 0 Å². The number of nitrogens with zero attached hydrogens (tertiary/aromatic N) is 1. The van der Waals surface area contributed by atoms with E-state index in [1.165, 1.54) is 5.56 Å². The predicted molar refractivity (Wildman–Crippen MR) is 87.9 cm³/mol. The molecule has 1 aliphatic heterocycles. The summed E-state index contributed by atoms with van der Waals surface area (Å²) < 4.78 is 0. The number of amides is 2. The molecule has 0 saturated carbocycles. The Morgan fingerprint density at radius 1 is 1.18 bits per heavy atom. The molecule has 4 nitrogen and oxygen atoms in total. The first-order valence-corrected chi connectivity index (χ1v) is 8.17. The predicted octanol–water partition coefficient (Wildman–Crippen LogP) is 2.82. The fourth-order valence-corrected chi connectivity index (χ4v) is 2.81. The molecular formula is C18H26N2O2. The highest BCUT2D eigenvalue weighted by Crippen LogP contribution is 2.16. The van der Waals surface area contributed by atoms with E-state index in [9.17, 15) is 9.59 Å². The van der Waals surface area contributed by atoms with E-state index in [1.807, 2.05) is 43.9 Å². The highest BCUT2D eigenvalue weighted by molar-refractivity contribution is 5.94. The molecule has 1 N–H and O–H groups in total. The quantitative estimate of drug-likeness (QED) is 0.930. The lowest BCUT2D eigenvalue weighted by Gasteiger charge is -2.32. The minimum absolute atomic E-state index is 0.0986. The molecule has 0 atom stereocenters. The number of carbonyl (C=O) groups is 2. The minimum atomic E-state index is 0.0986. The average Bonchev–Trinajstić information content (AvgIpc) is 2.50. The summed E-state index contributed by atoms with van der Waals surface area (Å²) >= 11 is 0. The Labute approximate surface area is 132 Å². The Morgan fingerprint density at radius 3 is 2.45 bits per heavy atom. The van der Waals surface area contributed by atoms with Gasteiger partial charge < -0.3 is 10.2 Å². The first-order chi connectivity index (χ1) is 10.5. The van der Waals surface area contributed by atoms with Crippen LogP contribution in [-0.4, -0.2) is 35.8 Å². The second kappa shape index (κ2) is 7.43. The molecule has 1 aromatic rings. The second-order valence-electron chi connectivity index (χ2n) is 6.18. The van der Waals surface area contributed by atoms with Crippen molar-refractivity contribution in [3.63, 3.8) is 0 Å². The molecule has 0 aromatic heterocycles. The first kappa shape index (κ1) is 16.5. The number of likely N-dealkylation sites (tertiary alicyclic amines) is 1. The van der Waals surface area contributed by atoms with Crippen molar-refractivity contribution in [1.82, 2.24) is 10.2 Å². The molecule has 120 valence electrons. The van der Waals surface area contributed by atoms with Gasteiger partial charge in [-0.3, -0.25) is 9.59 Å². The summed E-state index contributed by atoms with van der Waals surface area (Å²) in [5, 5.41) is 3.06. The van der Waals surface area contributed by atoms with Crippen LogP contribution < -0.4 is 5.32 Å². The average molecular weight is 302 g/mol. The Kier molecular flexibility index (Phi) is 5.58. The van der Waals surface area contributed by atoms with Crippen molar-refractivity contribution in [2.24, 2.45) is 0 Å². The molecule has 1 fully saturated rings. The van der Waals surface area contributed by atoms with Crippen LogP contribution in [0, 0.1) is 13.8 Å². The number of benzene rings is 1. The summed E-state index contributed by atoms with van der Waals surface area (Å²) in [5.41, 5.74) is 3.11. The third-order valence-electron chi connectivity index (χ3n) is 4.38. The van der Waals surface area contributed by atoms with Gasteiger partial charge in [-0.05, 0) is 56.4 Å². The molecule has 0 aliphatic carbocycles. The number of piperidine rings is 1. The fourth-order valence-electron chi connectivity index (χ4n) is 2.81. The summed E-state index contributed by atoms with van der Waals surface area (Å²) in [4.78, 5) is 26.1. The van der Waals surface area contributed by atoms with E-state index in [0.717, 1.165) is 30.4 Å². The SMILES string of the molecule is CCCC(=O)NC1CCN(C(=O)c2ccc(C)c(C)c2)CC1. The number of hydrogen-bond donors (Lipinski definition) is 1. The lowest BCUT2D eigenvalue weighted by molar-refractivity contribution is -0.122. The van der Waals surface area contributed by atoms with E-state index in [0.29, 0.717) is 19.5 Å². The van der Waals surface area contributed by atoms with Gasteiger partial charge in [-0.2, -0.15) is 0 Å². The van der Waals surface area contributed by atoms with Gasteiger partial charge in [0.25, 0.3) is 5.91 Å². The van der Waals surface area contributed by atoms with Crippen LogP contribution in [-0.2, 0) is 4.79 Å². The maximum atomic E-state index is 12.5. The minimum Gasteiger partial charge on any atom is -0.353 e. The number of rotatable bonds is 4. The van der Waals surface area contributed by atoms with Crippen molar-refractivity contribution in [1.29, 1.82) is 0 Å². The summed E-state index contributed by atoms with van der Waals surface area (Å²) in [6.45, 7) is 7.51. The standard InChI is InChI=1S/C18H26N2O2/c1-4-5-17(21)19-16-8-10-20(11-9-16)18(22)15-7-6-13(2)14(3)12-15/h6-7,12,16H,4-5,8-11H2,1-3H3,(H,19,21). The summed E-state index contributed by atoms with van der Waals surface area (Å²) in [6, 6.07) is 6.08. The van der Waals surface area contributed by atoms with Crippen LogP contribution in [0.3, 0.4) is 0 Å². The fraction of sp³-hybridized carbons (Fsp3) is 0.556. The number of hydrogen-bond acceptors (Lipinski definition) is 2. The van der Waals surface area contributed by atoms with Crippen molar-refractivity contribution in [2.75, 3.05) is 13.1 Å². The van der Waals surface area contributed by atoms with Crippen LogP contribution in [0.4, 0.5) is 0 Å². The highest BCUT2D eigenvalue weighted by atomic mass is 16.2. The first-order valence-electron chi connectivity index (χ1n) is 8.17. The summed E-state index contributed by atoms with van der Waals surface area (Å²) in [7, 11) is 0. The molecule has 1 heterocycles. The number of nitrogens with one attached hydrogen (secondary N) is 1. The smallest absolute Gasteiger partial charge is 0.253 e. The highest BCUT2D eigenvalue weighted by Gasteiger charge is 2.24. The molecule has 1 aliphatic rings. The largest absolute Gasteiger partial charge is 0.353 e. The Hall–Kier alpha value is -1.84. The van der Waals surface area contributed by atoms with Gasteiger partial charge >= 0.3 is 0 Å². The van der Waals surface area contributed by atoms with Crippen LogP contribution in [0.25, 0.3) is 0 Å². The number of aryl methyl sites for hydroxylation is 2. The van der Waals surface area contributed by atoms with Crippen molar-refractivity contribution in [2.45, 2.75) is 52.5 Å². The van der Waals surface area contributed by atoms with E-state index in [1.54, 1.807) is 0 Å². The third-order valence-corrected chi connectivity index (χ3v) is 4.38. The molecule has 22 heavy (non-hydrogen) atoms. The van der Waals surface area contributed by atoms with Crippen LogP contribution >= 0.6 is 0 Å². The molecule has 0 bridgehead atoms. The van der Waals surface area contributed by atoms with Gasteiger partial charge in [0.2, 0.25) is 5.91 Å². The van der Waals surface area contributed by atoms with Crippen molar-refractivity contribution < 1.29 is 9.59 Å². The van der Waals surface area contributed by atoms with E-state index in [-0.39, 0.29) is 17.9 Å². The number of carbonyl (C=O) groups excluding carboxylic acids is 2. The van der Waals surface area contributed by atoms with E-state index in [4.69, 9.17) is 0 Å². The zero-order chi connectivity index (χ0) is 16.1. The maximum Gasteiger partial charge on any atom is 0.253 e.